The molecule has 3 aromatic carbocycles. The molecule has 6 aromatic rings. The van der Waals surface area contributed by atoms with Crippen molar-refractivity contribution >= 4 is 27.5 Å². The van der Waals surface area contributed by atoms with E-state index in [2.05, 4.69) is 59.0 Å². The van der Waals surface area contributed by atoms with Crippen LogP contribution in [0, 0.1) is 0 Å². The first-order valence-corrected chi connectivity index (χ1v) is 10.8. The number of hydrogen-bond acceptors (Lipinski definition) is 2. The van der Waals surface area contributed by atoms with Crippen LogP contribution in [0.4, 0.5) is 0 Å². The molecule has 2 aliphatic carbocycles. The highest BCUT2D eigenvalue weighted by atomic mass is 15.0. The van der Waals surface area contributed by atoms with Crippen LogP contribution in [0.5, 0.6) is 0 Å². The summed E-state index contributed by atoms with van der Waals surface area (Å²) in [5.41, 5.74) is 14.3. The summed E-state index contributed by atoms with van der Waals surface area (Å²) in [7, 11) is 0. The van der Waals surface area contributed by atoms with Gasteiger partial charge in [0.05, 0.1) is 11.0 Å². The Morgan fingerprint density at radius 1 is 0.677 bits per heavy atom. The standard InChI is InChI=1S/C28H17N3/c1-2-5-20-16(4-1)12-18-14-19-13-17-7-8-21-26(25(17)23(19)15-22(18)20)28-30-10-11-31(28)24-6-3-9-29-27(21)24/h1-11,14-15H,12-13H2. The second-order valence-electron chi connectivity index (χ2n) is 8.69. The van der Waals surface area contributed by atoms with E-state index in [0.29, 0.717) is 0 Å². The van der Waals surface area contributed by atoms with Gasteiger partial charge in [-0.15, -0.1) is 0 Å². The second-order valence-corrected chi connectivity index (χ2v) is 8.69. The van der Waals surface area contributed by atoms with Gasteiger partial charge in [0.15, 0.2) is 0 Å². The van der Waals surface area contributed by atoms with Gasteiger partial charge in [0.1, 0.15) is 5.65 Å². The molecular weight excluding hydrogens is 378 g/mol. The lowest BCUT2D eigenvalue weighted by Gasteiger charge is -2.12. The molecule has 0 saturated heterocycles. The van der Waals surface area contributed by atoms with Gasteiger partial charge < -0.3 is 0 Å². The van der Waals surface area contributed by atoms with Gasteiger partial charge >= 0.3 is 0 Å². The topological polar surface area (TPSA) is 30.2 Å². The summed E-state index contributed by atoms with van der Waals surface area (Å²) >= 11 is 0. The van der Waals surface area contributed by atoms with Gasteiger partial charge in [-0.1, -0.05) is 42.5 Å². The molecule has 3 aromatic heterocycles. The molecule has 0 amide bonds. The van der Waals surface area contributed by atoms with E-state index in [0.717, 1.165) is 29.5 Å². The number of pyridine rings is 2. The summed E-state index contributed by atoms with van der Waals surface area (Å²) in [6.07, 6.45) is 7.85. The van der Waals surface area contributed by atoms with Crippen LogP contribution in [-0.4, -0.2) is 14.4 Å². The molecule has 0 unspecified atom stereocenters. The van der Waals surface area contributed by atoms with Crippen LogP contribution in [0.2, 0.25) is 0 Å². The minimum Gasteiger partial charge on any atom is -0.298 e. The van der Waals surface area contributed by atoms with E-state index in [1.807, 2.05) is 24.7 Å². The third kappa shape index (κ3) is 1.89. The van der Waals surface area contributed by atoms with Crippen molar-refractivity contribution in [3.63, 3.8) is 0 Å². The lowest BCUT2D eigenvalue weighted by atomic mass is 9.94. The highest BCUT2D eigenvalue weighted by Crippen LogP contribution is 2.48. The average molecular weight is 395 g/mol. The van der Waals surface area contributed by atoms with Crippen molar-refractivity contribution in [1.29, 1.82) is 0 Å². The first kappa shape index (κ1) is 15.8. The van der Waals surface area contributed by atoms with Crippen molar-refractivity contribution < 1.29 is 0 Å². The number of benzene rings is 3. The van der Waals surface area contributed by atoms with Gasteiger partial charge in [0.2, 0.25) is 0 Å². The van der Waals surface area contributed by atoms with E-state index in [1.54, 1.807) is 0 Å². The Labute approximate surface area is 178 Å². The quantitative estimate of drug-likeness (QED) is 0.287. The molecule has 3 heteroatoms. The zero-order valence-corrected chi connectivity index (χ0v) is 16.8. The molecule has 8 rings (SSSR count). The number of aromatic nitrogens is 3. The van der Waals surface area contributed by atoms with Crippen molar-refractivity contribution in [3.8, 4) is 22.3 Å². The number of fused-ring (bicyclic) bond motifs is 13. The summed E-state index contributed by atoms with van der Waals surface area (Å²) < 4.78 is 2.19. The lowest BCUT2D eigenvalue weighted by molar-refractivity contribution is 1.21. The normalized spacial score (nSPS) is 13.5. The largest absolute Gasteiger partial charge is 0.298 e. The molecule has 0 radical (unpaired) electrons. The molecule has 3 heterocycles. The summed E-state index contributed by atoms with van der Waals surface area (Å²) in [5.74, 6) is 0. The van der Waals surface area contributed by atoms with Gasteiger partial charge in [-0.05, 0) is 75.5 Å². The third-order valence-corrected chi connectivity index (χ3v) is 7.12. The van der Waals surface area contributed by atoms with Crippen LogP contribution in [0.3, 0.4) is 0 Å². The van der Waals surface area contributed by atoms with E-state index < -0.39 is 0 Å². The zero-order valence-electron chi connectivity index (χ0n) is 16.8. The average Bonchev–Trinajstić information content (AvgIpc) is 3.52. The number of hydrogen-bond donors (Lipinski definition) is 0. The van der Waals surface area contributed by atoms with Crippen molar-refractivity contribution in [2.24, 2.45) is 0 Å². The fourth-order valence-corrected chi connectivity index (χ4v) is 5.83. The summed E-state index contributed by atoms with van der Waals surface area (Å²) in [4.78, 5) is 9.55. The van der Waals surface area contributed by atoms with E-state index >= 15 is 0 Å². The SMILES string of the molecule is c1ccc2c(c1)Cc1cc3c(cc1-2)-c1c(ccc2c4ncccc4n4ccnc4c12)C3. The highest BCUT2D eigenvalue weighted by molar-refractivity contribution is 6.17. The van der Waals surface area contributed by atoms with Gasteiger partial charge in [-0.3, -0.25) is 9.38 Å². The molecule has 0 atom stereocenters. The minimum absolute atomic E-state index is 0.983. The Morgan fingerprint density at radius 2 is 1.58 bits per heavy atom. The molecule has 2 aliphatic rings. The van der Waals surface area contributed by atoms with Crippen LogP contribution in [0.1, 0.15) is 22.3 Å². The van der Waals surface area contributed by atoms with E-state index in [4.69, 9.17) is 9.97 Å². The predicted octanol–water partition coefficient (Wildman–Crippen LogP) is 6.18. The van der Waals surface area contributed by atoms with Crippen LogP contribution in [0.15, 0.2) is 79.3 Å². The first-order valence-electron chi connectivity index (χ1n) is 10.8. The molecule has 0 aliphatic heterocycles. The van der Waals surface area contributed by atoms with Crippen molar-refractivity contribution in [3.05, 3.63) is 102 Å². The molecule has 0 N–H and O–H groups in total. The molecule has 3 nitrogen and oxygen atoms in total. The third-order valence-electron chi connectivity index (χ3n) is 7.12. The lowest BCUT2D eigenvalue weighted by Crippen LogP contribution is -1.94. The Morgan fingerprint density at radius 3 is 2.58 bits per heavy atom. The number of nitrogens with zero attached hydrogens (tertiary/aromatic N) is 3. The maximum absolute atomic E-state index is 4.79. The molecular formula is C28H17N3. The minimum atomic E-state index is 0.983. The Balaban J connectivity index is 1.53. The Hall–Kier alpha value is -3.98. The van der Waals surface area contributed by atoms with E-state index in [1.165, 1.54) is 55.3 Å². The Bertz CT molecular complexity index is 1740. The number of imidazole rings is 1. The van der Waals surface area contributed by atoms with Gasteiger partial charge in [-0.25, -0.2) is 4.98 Å². The fraction of sp³-hybridized carbons (Fsp3) is 0.0714. The van der Waals surface area contributed by atoms with E-state index in [9.17, 15) is 0 Å². The Kier molecular flexibility index (Phi) is 2.74. The first-order chi connectivity index (χ1) is 15.4. The highest BCUT2D eigenvalue weighted by Gasteiger charge is 2.28. The molecule has 0 fully saturated rings. The van der Waals surface area contributed by atoms with Gasteiger partial charge in [0, 0.05) is 29.4 Å². The number of rotatable bonds is 0. The monoisotopic (exact) mass is 395 g/mol. The molecule has 0 saturated carbocycles. The maximum atomic E-state index is 4.79. The predicted molar refractivity (Wildman–Crippen MR) is 124 cm³/mol. The van der Waals surface area contributed by atoms with Crippen LogP contribution in [0.25, 0.3) is 49.7 Å². The molecule has 0 spiro atoms. The van der Waals surface area contributed by atoms with Crippen LogP contribution in [-0.2, 0) is 12.8 Å². The maximum Gasteiger partial charge on any atom is 0.145 e. The van der Waals surface area contributed by atoms with E-state index in [-0.39, 0.29) is 0 Å². The van der Waals surface area contributed by atoms with Crippen molar-refractivity contribution in [1.82, 2.24) is 14.4 Å². The molecule has 0 bridgehead atoms. The zero-order chi connectivity index (χ0) is 20.1. The van der Waals surface area contributed by atoms with Crippen molar-refractivity contribution in [2.75, 3.05) is 0 Å². The van der Waals surface area contributed by atoms with Crippen LogP contribution >= 0.6 is 0 Å². The summed E-state index contributed by atoms with van der Waals surface area (Å²) in [5, 5.41) is 2.40. The smallest absolute Gasteiger partial charge is 0.145 e. The van der Waals surface area contributed by atoms with Gasteiger partial charge in [0.25, 0.3) is 0 Å². The molecule has 31 heavy (non-hydrogen) atoms. The fourth-order valence-electron chi connectivity index (χ4n) is 5.83. The summed E-state index contributed by atoms with van der Waals surface area (Å²) in [6, 6.07) is 22.4. The van der Waals surface area contributed by atoms with Gasteiger partial charge in [-0.2, -0.15) is 0 Å². The van der Waals surface area contributed by atoms with Crippen molar-refractivity contribution in [2.45, 2.75) is 12.8 Å². The van der Waals surface area contributed by atoms with Crippen LogP contribution < -0.4 is 0 Å². The second kappa shape index (κ2) is 5.38. The molecule has 144 valence electrons. The summed E-state index contributed by atoms with van der Waals surface area (Å²) in [6.45, 7) is 0.